The summed E-state index contributed by atoms with van der Waals surface area (Å²) < 4.78 is 5.74. The summed E-state index contributed by atoms with van der Waals surface area (Å²) in [5.74, 6) is 0. The van der Waals surface area contributed by atoms with Crippen LogP contribution in [0, 0.1) is 0 Å². The molecule has 0 aliphatic heterocycles. The number of rotatable bonds is 6. The fourth-order valence-corrected chi connectivity index (χ4v) is 2.51. The second-order valence-electron chi connectivity index (χ2n) is 4.00. The molecule has 0 aromatic heterocycles. The molecule has 0 heterocycles. The van der Waals surface area contributed by atoms with Crippen molar-refractivity contribution in [2.24, 2.45) is 0 Å². The van der Waals surface area contributed by atoms with Gasteiger partial charge in [-0.2, -0.15) is 0 Å². The molecule has 1 unspecified atom stereocenters. The largest absolute Gasteiger partial charge is 0.420 e. The Morgan fingerprint density at radius 1 is 1.27 bits per heavy atom. The molecule has 0 aliphatic carbocycles. The first kappa shape index (κ1) is 12.3. The number of anilines is 1. The Morgan fingerprint density at radius 3 is 2.47 bits per heavy atom. The van der Waals surface area contributed by atoms with Crippen molar-refractivity contribution in [2.75, 3.05) is 5.32 Å². The van der Waals surface area contributed by atoms with Crippen LogP contribution in [0.4, 0.5) is 5.69 Å². The number of benzene rings is 1. The zero-order valence-corrected chi connectivity index (χ0v) is 11.3. The van der Waals surface area contributed by atoms with Crippen LogP contribution in [0.3, 0.4) is 0 Å². The number of para-hydroxylation sites is 1. The van der Waals surface area contributed by atoms with Gasteiger partial charge in [0.25, 0.3) is 0 Å². The highest BCUT2D eigenvalue weighted by Gasteiger charge is 2.07. The van der Waals surface area contributed by atoms with Gasteiger partial charge in [-0.15, -0.1) is 0 Å². The van der Waals surface area contributed by atoms with E-state index in [0.717, 1.165) is 6.42 Å². The Hall–Kier alpha value is -0.803. The topological polar surface area (TPSA) is 21.3 Å². The molecule has 1 rings (SSSR count). The van der Waals surface area contributed by atoms with Crippen molar-refractivity contribution in [3.8, 4) is 0 Å². The number of nitrogens with one attached hydrogen (secondary N) is 1. The van der Waals surface area contributed by atoms with Gasteiger partial charge in [-0.25, -0.2) is 0 Å². The van der Waals surface area contributed by atoms with Gasteiger partial charge in [0.2, 0.25) is 0 Å². The van der Waals surface area contributed by atoms with Crippen LogP contribution in [0.25, 0.3) is 0 Å². The van der Waals surface area contributed by atoms with Crippen molar-refractivity contribution >= 4 is 15.5 Å². The molecule has 1 atom stereocenters. The summed E-state index contributed by atoms with van der Waals surface area (Å²) in [5, 5.41) is 3.52. The quantitative estimate of drug-likeness (QED) is 0.748. The second kappa shape index (κ2) is 6.64. The maximum absolute atomic E-state index is 5.74. The summed E-state index contributed by atoms with van der Waals surface area (Å²) in [5.41, 5.74) is 1.74. The Bertz CT molecular complexity index is 264. The Balaban J connectivity index is 2.40. The third-order valence-corrected chi connectivity index (χ3v) is 4.31. The summed E-state index contributed by atoms with van der Waals surface area (Å²) in [4.78, 5) is 0. The average molecular weight is 223 g/mol. The molecule has 0 spiro atoms. The first-order valence-electron chi connectivity index (χ1n) is 5.65. The van der Waals surface area contributed by atoms with E-state index in [1.165, 1.54) is 5.69 Å². The highest BCUT2D eigenvalue weighted by molar-refractivity contribution is 6.30. The fraction of sp³-hybridized carbons (Fsp3) is 0.500. The maximum Gasteiger partial charge on any atom is 0.183 e. The average Bonchev–Trinajstić information content (AvgIpc) is 2.25. The lowest BCUT2D eigenvalue weighted by Gasteiger charge is -2.19. The van der Waals surface area contributed by atoms with Crippen molar-refractivity contribution in [1.29, 1.82) is 0 Å². The van der Waals surface area contributed by atoms with Gasteiger partial charge in [-0.05, 0) is 32.4 Å². The third-order valence-electron chi connectivity index (χ3n) is 2.27. The zero-order chi connectivity index (χ0) is 11.1. The SMILES string of the molecule is CCC(Nc1ccccc1)[SiH2]OC(C)C. The van der Waals surface area contributed by atoms with Gasteiger partial charge in [0, 0.05) is 17.5 Å². The van der Waals surface area contributed by atoms with Crippen LogP contribution in [0.5, 0.6) is 0 Å². The van der Waals surface area contributed by atoms with E-state index in [9.17, 15) is 0 Å². The van der Waals surface area contributed by atoms with Crippen molar-refractivity contribution in [1.82, 2.24) is 0 Å². The van der Waals surface area contributed by atoms with E-state index in [1.807, 2.05) is 6.07 Å². The van der Waals surface area contributed by atoms with Gasteiger partial charge in [0.15, 0.2) is 9.76 Å². The maximum atomic E-state index is 5.74. The third kappa shape index (κ3) is 5.00. The molecule has 0 radical (unpaired) electrons. The molecule has 0 saturated heterocycles. The molecular formula is C12H21NOSi. The predicted octanol–water partition coefficient (Wildman–Crippen LogP) is 2.34. The van der Waals surface area contributed by atoms with Crippen LogP contribution in [-0.2, 0) is 4.43 Å². The van der Waals surface area contributed by atoms with Gasteiger partial charge in [-0.3, -0.25) is 0 Å². The van der Waals surface area contributed by atoms with Crippen LogP contribution in [0.1, 0.15) is 27.2 Å². The van der Waals surface area contributed by atoms with Gasteiger partial charge < -0.3 is 9.74 Å². The van der Waals surface area contributed by atoms with E-state index in [-0.39, 0.29) is 0 Å². The summed E-state index contributed by atoms with van der Waals surface area (Å²) in [6.07, 6.45) is 1.50. The second-order valence-corrected chi connectivity index (χ2v) is 5.65. The minimum atomic E-state index is -0.477. The zero-order valence-electron chi connectivity index (χ0n) is 9.86. The smallest absolute Gasteiger partial charge is 0.183 e. The van der Waals surface area contributed by atoms with E-state index in [4.69, 9.17) is 4.43 Å². The molecule has 3 heteroatoms. The molecule has 1 aromatic rings. The first-order chi connectivity index (χ1) is 7.22. The predicted molar refractivity (Wildman–Crippen MR) is 68.9 cm³/mol. The Kier molecular flexibility index (Phi) is 5.43. The van der Waals surface area contributed by atoms with Crippen LogP contribution < -0.4 is 5.32 Å². The molecule has 1 aromatic carbocycles. The number of hydrogen-bond acceptors (Lipinski definition) is 2. The summed E-state index contributed by atoms with van der Waals surface area (Å²) in [6.45, 7) is 6.40. The van der Waals surface area contributed by atoms with Gasteiger partial charge in [0.1, 0.15) is 0 Å². The molecule has 0 aliphatic rings. The Labute approximate surface area is 95.0 Å². The monoisotopic (exact) mass is 223 g/mol. The normalized spacial score (nSPS) is 13.6. The summed E-state index contributed by atoms with van der Waals surface area (Å²) in [6, 6.07) is 10.4. The van der Waals surface area contributed by atoms with E-state index in [0.29, 0.717) is 11.8 Å². The van der Waals surface area contributed by atoms with Crippen molar-refractivity contribution in [3.05, 3.63) is 30.3 Å². The van der Waals surface area contributed by atoms with Crippen LogP contribution >= 0.6 is 0 Å². The standard InChI is InChI=1S/C12H21NOSi/c1-4-12(15-14-10(2)3)13-11-8-6-5-7-9-11/h5-10,12-13H,4,15H2,1-3H3. The minimum absolute atomic E-state index is 0.364. The van der Waals surface area contributed by atoms with Crippen LogP contribution in [0.15, 0.2) is 30.3 Å². The first-order valence-corrected chi connectivity index (χ1v) is 7.05. The minimum Gasteiger partial charge on any atom is -0.420 e. The van der Waals surface area contributed by atoms with E-state index >= 15 is 0 Å². The molecule has 2 nitrogen and oxygen atoms in total. The molecule has 0 fully saturated rings. The van der Waals surface area contributed by atoms with Crippen molar-refractivity contribution in [3.63, 3.8) is 0 Å². The van der Waals surface area contributed by atoms with E-state index < -0.39 is 9.76 Å². The molecule has 1 N–H and O–H groups in total. The van der Waals surface area contributed by atoms with Crippen molar-refractivity contribution in [2.45, 2.75) is 39.0 Å². The lowest BCUT2D eigenvalue weighted by Crippen LogP contribution is -2.29. The highest BCUT2D eigenvalue weighted by Crippen LogP contribution is 2.08. The lowest BCUT2D eigenvalue weighted by molar-refractivity contribution is 0.252. The molecule has 0 amide bonds. The lowest BCUT2D eigenvalue weighted by atomic mass is 10.3. The van der Waals surface area contributed by atoms with E-state index in [1.54, 1.807) is 0 Å². The van der Waals surface area contributed by atoms with Crippen LogP contribution in [-0.4, -0.2) is 21.5 Å². The van der Waals surface area contributed by atoms with E-state index in [2.05, 4.69) is 50.4 Å². The van der Waals surface area contributed by atoms with Gasteiger partial charge in [-0.1, -0.05) is 25.1 Å². The van der Waals surface area contributed by atoms with Crippen molar-refractivity contribution < 1.29 is 4.43 Å². The van der Waals surface area contributed by atoms with Gasteiger partial charge >= 0.3 is 0 Å². The Morgan fingerprint density at radius 2 is 1.93 bits per heavy atom. The summed E-state index contributed by atoms with van der Waals surface area (Å²) in [7, 11) is -0.477. The fourth-order valence-electron chi connectivity index (χ4n) is 1.34. The number of hydrogen-bond donors (Lipinski definition) is 1. The molecule has 0 saturated carbocycles. The molecule has 0 bridgehead atoms. The van der Waals surface area contributed by atoms with Crippen LogP contribution in [0.2, 0.25) is 0 Å². The summed E-state index contributed by atoms with van der Waals surface area (Å²) >= 11 is 0. The highest BCUT2D eigenvalue weighted by atomic mass is 28.2. The molecule has 15 heavy (non-hydrogen) atoms. The molecule has 84 valence electrons. The van der Waals surface area contributed by atoms with Gasteiger partial charge in [0.05, 0.1) is 0 Å². The molecular weight excluding hydrogens is 202 g/mol.